The normalized spacial score (nSPS) is 14.1. The Morgan fingerprint density at radius 2 is 1.96 bits per heavy atom. The van der Waals surface area contributed by atoms with E-state index in [1.54, 1.807) is 12.1 Å². The third-order valence-electron chi connectivity index (χ3n) is 4.30. The minimum Gasteiger partial charge on any atom is -0.408 e. The Morgan fingerprint density at radius 3 is 2.67 bits per heavy atom. The van der Waals surface area contributed by atoms with Crippen molar-refractivity contribution in [2.75, 3.05) is 5.32 Å². The van der Waals surface area contributed by atoms with E-state index in [1.807, 2.05) is 18.5 Å². The number of nitrogens with zero attached hydrogens (tertiary/aromatic N) is 4. The SMILES string of the molecule is Cc1nn(-c2ccc(F)cc2)c(C)c1CNc1nnc(C2CC2)o1. The highest BCUT2D eigenvalue weighted by atomic mass is 19.1. The van der Waals surface area contributed by atoms with Crippen LogP contribution in [0.1, 0.15) is 41.6 Å². The Balaban J connectivity index is 1.53. The largest absolute Gasteiger partial charge is 0.408 e. The van der Waals surface area contributed by atoms with E-state index in [0.29, 0.717) is 24.4 Å². The second-order valence-corrected chi connectivity index (χ2v) is 6.11. The van der Waals surface area contributed by atoms with Crippen molar-refractivity contribution in [3.8, 4) is 5.69 Å². The van der Waals surface area contributed by atoms with E-state index in [1.165, 1.54) is 12.1 Å². The summed E-state index contributed by atoms with van der Waals surface area (Å²) in [7, 11) is 0. The summed E-state index contributed by atoms with van der Waals surface area (Å²) in [4.78, 5) is 0. The molecular weight excluding hydrogens is 309 g/mol. The summed E-state index contributed by atoms with van der Waals surface area (Å²) in [5, 5.41) is 15.8. The molecule has 1 aromatic carbocycles. The molecule has 24 heavy (non-hydrogen) atoms. The van der Waals surface area contributed by atoms with E-state index < -0.39 is 0 Å². The summed E-state index contributed by atoms with van der Waals surface area (Å²) in [5.41, 5.74) is 3.79. The fraction of sp³-hybridized carbons (Fsp3) is 0.353. The van der Waals surface area contributed by atoms with Crippen LogP contribution in [0.4, 0.5) is 10.4 Å². The highest BCUT2D eigenvalue weighted by Gasteiger charge is 2.29. The van der Waals surface area contributed by atoms with Crippen molar-refractivity contribution in [1.29, 1.82) is 0 Å². The van der Waals surface area contributed by atoms with Gasteiger partial charge in [-0.25, -0.2) is 9.07 Å². The number of nitrogens with one attached hydrogen (secondary N) is 1. The topological polar surface area (TPSA) is 68.8 Å². The van der Waals surface area contributed by atoms with Gasteiger partial charge in [-0.15, -0.1) is 5.10 Å². The molecule has 0 spiro atoms. The lowest BCUT2D eigenvalue weighted by atomic mass is 10.2. The monoisotopic (exact) mass is 327 g/mol. The van der Waals surface area contributed by atoms with Gasteiger partial charge in [-0.2, -0.15) is 5.10 Å². The number of anilines is 1. The van der Waals surface area contributed by atoms with Crippen LogP contribution in [0.5, 0.6) is 0 Å². The molecule has 0 atom stereocenters. The van der Waals surface area contributed by atoms with Crippen LogP contribution in [0.25, 0.3) is 5.69 Å². The molecule has 0 radical (unpaired) electrons. The molecule has 124 valence electrons. The minimum absolute atomic E-state index is 0.259. The molecule has 2 heterocycles. The van der Waals surface area contributed by atoms with Gasteiger partial charge in [0, 0.05) is 23.7 Å². The predicted molar refractivity (Wildman–Crippen MR) is 86.6 cm³/mol. The molecule has 2 aromatic heterocycles. The summed E-state index contributed by atoms with van der Waals surface area (Å²) in [6, 6.07) is 6.73. The smallest absolute Gasteiger partial charge is 0.315 e. The van der Waals surface area contributed by atoms with Gasteiger partial charge >= 0.3 is 6.01 Å². The molecule has 0 saturated heterocycles. The Hall–Kier alpha value is -2.70. The third kappa shape index (κ3) is 2.77. The first-order valence-electron chi connectivity index (χ1n) is 8.00. The number of hydrogen-bond donors (Lipinski definition) is 1. The van der Waals surface area contributed by atoms with E-state index in [-0.39, 0.29) is 5.82 Å². The lowest BCUT2D eigenvalue weighted by molar-refractivity contribution is 0.507. The van der Waals surface area contributed by atoms with Crippen LogP contribution in [0.2, 0.25) is 0 Å². The number of benzene rings is 1. The summed E-state index contributed by atoms with van der Waals surface area (Å²) >= 11 is 0. The van der Waals surface area contributed by atoms with Gasteiger partial charge in [0.1, 0.15) is 5.82 Å². The molecule has 1 fully saturated rings. The van der Waals surface area contributed by atoms with Gasteiger partial charge in [-0.1, -0.05) is 5.10 Å². The minimum atomic E-state index is -0.259. The van der Waals surface area contributed by atoms with E-state index in [4.69, 9.17) is 4.42 Å². The number of rotatable bonds is 5. The van der Waals surface area contributed by atoms with Crippen LogP contribution in [-0.2, 0) is 6.54 Å². The zero-order valence-electron chi connectivity index (χ0n) is 13.6. The fourth-order valence-electron chi connectivity index (χ4n) is 2.73. The van der Waals surface area contributed by atoms with Crippen molar-refractivity contribution >= 4 is 6.01 Å². The van der Waals surface area contributed by atoms with Crippen LogP contribution < -0.4 is 5.32 Å². The summed E-state index contributed by atoms with van der Waals surface area (Å²) in [6.45, 7) is 4.49. The fourth-order valence-corrected chi connectivity index (χ4v) is 2.73. The lowest BCUT2D eigenvalue weighted by Crippen LogP contribution is -2.03. The van der Waals surface area contributed by atoms with Gasteiger partial charge in [0.05, 0.1) is 11.4 Å². The van der Waals surface area contributed by atoms with Crippen molar-refractivity contribution in [2.45, 2.75) is 39.2 Å². The zero-order chi connectivity index (χ0) is 16.7. The van der Waals surface area contributed by atoms with Crippen molar-refractivity contribution in [3.05, 3.63) is 52.9 Å². The van der Waals surface area contributed by atoms with E-state index in [9.17, 15) is 4.39 Å². The third-order valence-corrected chi connectivity index (χ3v) is 4.30. The maximum atomic E-state index is 13.1. The van der Waals surface area contributed by atoms with Crippen molar-refractivity contribution < 1.29 is 8.81 Å². The van der Waals surface area contributed by atoms with E-state index in [0.717, 1.165) is 35.5 Å². The molecule has 1 aliphatic carbocycles. The van der Waals surface area contributed by atoms with Crippen LogP contribution >= 0.6 is 0 Å². The van der Waals surface area contributed by atoms with Gasteiger partial charge in [0.15, 0.2) is 0 Å². The maximum absolute atomic E-state index is 13.1. The standard InChI is InChI=1S/C17H18FN5O/c1-10-15(9-19-17-21-20-16(24-17)12-3-4-12)11(2)23(22-10)14-7-5-13(18)6-8-14/h5-8,12H,3-4,9H2,1-2H3,(H,19,21). The van der Waals surface area contributed by atoms with Gasteiger partial charge in [-0.05, 0) is 51.0 Å². The second-order valence-electron chi connectivity index (χ2n) is 6.11. The Bertz CT molecular complexity index is 864. The van der Waals surface area contributed by atoms with Crippen molar-refractivity contribution in [2.24, 2.45) is 0 Å². The highest BCUT2D eigenvalue weighted by Crippen LogP contribution is 2.39. The quantitative estimate of drug-likeness (QED) is 0.777. The first kappa shape index (κ1) is 14.9. The lowest BCUT2D eigenvalue weighted by Gasteiger charge is -2.05. The molecule has 1 saturated carbocycles. The molecule has 3 aromatic rings. The van der Waals surface area contributed by atoms with Crippen LogP contribution in [0.15, 0.2) is 28.7 Å². The Morgan fingerprint density at radius 1 is 1.21 bits per heavy atom. The predicted octanol–water partition coefficient (Wildman–Crippen LogP) is 3.50. The molecule has 0 unspecified atom stereocenters. The zero-order valence-corrected chi connectivity index (χ0v) is 13.6. The molecular formula is C17H18FN5O. The molecule has 7 heteroatoms. The van der Waals surface area contributed by atoms with Crippen LogP contribution in [0.3, 0.4) is 0 Å². The molecule has 0 bridgehead atoms. The summed E-state index contributed by atoms with van der Waals surface area (Å²) < 4.78 is 20.5. The molecule has 1 N–H and O–H groups in total. The van der Waals surface area contributed by atoms with Gasteiger partial charge in [-0.3, -0.25) is 0 Å². The number of hydrogen-bond acceptors (Lipinski definition) is 5. The Kier molecular flexibility index (Phi) is 3.55. The molecule has 6 nitrogen and oxygen atoms in total. The second kappa shape index (κ2) is 5.74. The molecule has 0 amide bonds. The summed E-state index contributed by atoms with van der Waals surface area (Å²) in [6.07, 6.45) is 2.26. The maximum Gasteiger partial charge on any atom is 0.315 e. The first-order valence-corrected chi connectivity index (χ1v) is 8.00. The Labute approximate surface area is 138 Å². The molecule has 4 rings (SSSR count). The van der Waals surface area contributed by atoms with E-state index >= 15 is 0 Å². The number of aryl methyl sites for hydroxylation is 1. The average molecular weight is 327 g/mol. The van der Waals surface area contributed by atoms with Crippen molar-refractivity contribution in [3.63, 3.8) is 0 Å². The van der Waals surface area contributed by atoms with Gasteiger partial charge in [0.25, 0.3) is 0 Å². The van der Waals surface area contributed by atoms with Crippen LogP contribution in [0, 0.1) is 19.7 Å². The summed E-state index contributed by atoms with van der Waals surface area (Å²) in [5.74, 6) is 0.899. The first-order chi connectivity index (χ1) is 11.6. The van der Waals surface area contributed by atoms with Crippen molar-refractivity contribution in [1.82, 2.24) is 20.0 Å². The van der Waals surface area contributed by atoms with Gasteiger partial charge in [0.2, 0.25) is 5.89 Å². The van der Waals surface area contributed by atoms with Crippen LogP contribution in [-0.4, -0.2) is 20.0 Å². The molecule has 0 aliphatic heterocycles. The number of halogens is 1. The number of aromatic nitrogens is 4. The highest BCUT2D eigenvalue weighted by molar-refractivity contribution is 5.38. The van der Waals surface area contributed by atoms with Gasteiger partial charge < -0.3 is 9.73 Å². The molecule has 1 aliphatic rings. The average Bonchev–Trinajstić information content (AvgIpc) is 3.25. The van der Waals surface area contributed by atoms with E-state index in [2.05, 4.69) is 20.6 Å².